The highest BCUT2D eigenvalue weighted by Crippen LogP contribution is 2.43. The van der Waals surface area contributed by atoms with Crippen molar-refractivity contribution in [2.24, 2.45) is 5.73 Å². The van der Waals surface area contributed by atoms with Crippen molar-refractivity contribution < 1.29 is 9.15 Å². The number of benzene rings is 2. The van der Waals surface area contributed by atoms with E-state index in [0.29, 0.717) is 23.4 Å². The smallest absolute Gasteiger partial charge is 0.347 e. The molecule has 0 radical (unpaired) electrons. The second kappa shape index (κ2) is 7.70. The van der Waals surface area contributed by atoms with E-state index in [4.69, 9.17) is 14.9 Å². The zero-order chi connectivity index (χ0) is 22.8. The summed E-state index contributed by atoms with van der Waals surface area (Å²) in [6.07, 6.45) is 9.38. The van der Waals surface area contributed by atoms with Gasteiger partial charge in [-0.25, -0.2) is 9.37 Å². The van der Waals surface area contributed by atoms with Crippen LogP contribution in [0.15, 0.2) is 27.4 Å². The van der Waals surface area contributed by atoms with Gasteiger partial charge < -0.3 is 19.8 Å². The van der Waals surface area contributed by atoms with Gasteiger partial charge in [-0.05, 0) is 62.4 Å². The fourth-order valence-corrected chi connectivity index (χ4v) is 6.43. The van der Waals surface area contributed by atoms with Gasteiger partial charge in [-0.15, -0.1) is 0 Å². The fraction of sp³-hybridized carbons (Fsp3) is 0.429. The Morgan fingerprint density at radius 1 is 1.03 bits per heavy atom. The first-order valence-corrected chi connectivity index (χ1v) is 12.8. The Morgan fingerprint density at radius 2 is 1.88 bits per heavy atom. The van der Waals surface area contributed by atoms with Crippen LogP contribution in [-0.2, 0) is 19.3 Å². The quantitative estimate of drug-likeness (QED) is 0.378. The van der Waals surface area contributed by atoms with Crippen molar-refractivity contribution in [3.8, 4) is 11.5 Å². The van der Waals surface area contributed by atoms with Crippen molar-refractivity contribution in [3.63, 3.8) is 0 Å². The Kier molecular flexibility index (Phi) is 4.59. The van der Waals surface area contributed by atoms with Crippen molar-refractivity contribution in [1.82, 2.24) is 4.58 Å². The summed E-state index contributed by atoms with van der Waals surface area (Å²) in [7, 11) is 0. The van der Waals surface area contributed by atoms with Crippen LogP contribution in [-0.4, -0.2) is 32.7 Å². The van der Waals surface area contributed by atoms with Crippen molar-refractivity contribution in [1.29, 1.82) is 0 Å². The van der Waals surface area contributed by atoms with E-state index < -0.39 is 0 Å². The summed E-state index contributed by atoms with van der Waals surface area (Å²) < 4.78 is 15.0. The van der Waals surface area contributed by atoms with Crippen LogP contribution in [0.5, 0.6) is 11.5 Å². The molecule has 2 N–H and O–H groups in total. The van der Waals surface area contributed by atoms with E-state index >= 15 is 0 Å². The number of hydrogen-bond acceptors (Lipinski definition) is 5. The Bertz CT molecular complexity index is 1530. The van der Waals surface area contributed by atoms with E-state index in [1.54, 1.807) is 0 Å². The van der Waals surface area contributed by atoms with Gasteiger partial charge in [0.15, 0.2) is 5.75 Å². The topological polar surface area (TPSA) is 71.7 Å². The van der Waals surface area contributed by atoms with E-state index in [9.17, 15) is 4.79 Å². The van der Waals surface area contributed by atoms with Gasteiger partial charge in [0.25, 0.3) is 0 Å². The Labute approximate surface area is 197 Å². The molecule has 34 heavy (non-hydrogen) atoms. The number of hydrogen-bond donors (Lipinski definition) is 1. The molecule has 7 rings (SSSR count). The average Bonchev–Trinajstić information content (AvgIpc) is 2.86. The summed E-state index contributed by atoms with van der Waals surface area (Å²) in [5.74, 6) is 1.48. The second-order valence-corrected chi connectivity index (χ2v) is 10.1. The van der Waals surface area contributed by atoms with Crippen LogP contribution >= 0.6 is 0 Å². The highest BCUT2D eigenvalue weighted by molar-refractivity contribution is 5.95. The van der Waals surface area contributed by atoms with Crippen molar-refractivity contribution in [3.05, 3.63) is 61.4 Å². The van der Waals surface area contributed by atoms with E-state index in [1.807, 2.05) is 6.08 Å². The number of nitrogens with two attached hydrogens (primary N) is 1. The molecule has 0 spiro atoms. The van der Waals surface area contributed by atoms with Crippen LogP contribution in [0.2, 0.25) is 0 Å². The van der Waals surface area contributed by atoms with Crippen LogP contribution in [0.1, 0.15) is 47.9 Å². The monoisotopic (exact) mass is 456 g/mol. The van der Waals surface area contributed by atoms with Crippen LogP contribution < -0.4 is 36.1 Å². The molecule has 0 atom stereocenters. The molecule has 4 aliphatic heterocycles. The van der Waals surface area contributed by atoms with Gasteiger partial charge in [-0.1, -0.05) is 0 Å². The zero-order valence-corrected chi connectivity index (χ0v) is 19.5. The van der Waals surface area contributed by atoms with Gasteiger partial charge in [-0.2, -0.15) is 0 Å². The third-order valence-corrected chi connectivity index (χ3v) is 7.95. The molecule has 0 saturated heterocycles. The molecular formula is C28H30N3O3+. The van der Waals surface area contributed by atoms with E-state index in [0.717, 1.165) is 87.5 Å². The maximum absolute atomic E-state index is 13.2. The molecule has 5 heterocycles. The number of anilines is 1. The van der Waals surface area contributed by atoms with Gasteiger partial charge in [-0.3, -0.25) is 0 Å². The lowest BCUT2D eigenvalue weighted by Crippen LogP contribution is -2.40. The first-order valence-electron chi connectivity index (χ1n) is 12.8. The SMILES string of the molecule is NCCC[N+]1=c2cc3c(cc2CCC1)=Cc1c(c2cc4c5c(c2oc1=O)CCCN5CCC4)O3. The van der Waals surface area contributed by atoms with Gasteiger partial charge in [0.05, 0.1) is 11.5 Å². The standard InChI is InChI=1S/C28H30N3O3/c29-8-4-12-30-9-1-5-17-13-19-15-22-27(33-24(19)16-23(17)30)21-14-18-6-2-10-31-11-3-7-20(25(18)31)26(21)34-28(22)32/h13-16H,1-12,29H2/q+1. The zero-order valence-electron chi connectivity index (χ0n) is 19.5. The van der Waals surface area contributed by atoms with Crippen molar-refractivity contribution >= 4 is 22.7 Å². The molecule has 0 saturated carbocycles. The Morgan fingerprint density at radius 3 is 2.76 bits per heavy atom. The Hall–Kier alpha value is -3.12. The molecule has 0 amide bonds. The Balaban J connectivity index is 1.46. The van der Waals surface area contributed by atoms with Gasteiger partial charge in [0.2, 0.25) is 5.36 Å². The molecule has 0 aliphatic carbocycles. The second-order valence-electron chi connectivity index (χ2n) is 10.1. The summed E-state index contributed by atoms with van der Waals surface area (Å²) >= 11 is 0. The third kappa shape index (κ3) is 2.97. The number of nitrogens with zero attached hydrogens (tertiary/aromatic N) is 2. The highest BCUT2D eigenvalue weighted by Gasteiger charge is 2.30. The molecule has 174 valence electrons. The molecule has 6 nitrogen and oxygen atoms in total. The summed E-state index contributed by atoms with van der Waals surface area (Å²) in [4.78, 5) is 15.6. The minimum atomic E-state index is -0.306. The lowest BCUT2D eigenvalue weighted by Gasteiger charge is -2.37. The third-order valence-electron chi connectivity index (χ3n) is 7.95. The molecule has 0 bridgehead atoms. The molecule has 4 aliphatic rings. The van der Waals surface area contributed by atoms with E-state index in [2.05, 4.69) is 27.7 Å². The number of rotatable bonds is 3. The van der Waals surface area contributed by atoms with Gasteiger partial charge in [0.1, 0.15) is 30.0 Å². The predicted molar refractivity (Wildman–Crippen MR) is 134 cm³/mol. The largest absolute Gasteiger partial charge is 0.455 e. The van der Waals surface area contributed by atoms with Crippen molar-refractivity contribution in [2.75, 3.05) is 37.6 Å². The van der Waals surface area contributed by atoms with Crippen LogP contribution in [0, 0.1) is 0 Å². The number of ether oxygens (including phenoxy) is 1. The maximum Gasteiger partial charge on any atom is 0.347 e. The number of fused-ring (bicyclic) bond motifs is 6. The van der Waals surface area contributed by atoms with Crippen LogP contribution in [0.4, 0.5) is 5.69 Å². The van der Waals surface area contributed by atoms with E-state index in [-0.39, 0.29) is 5.63 Å². The summed E-state index contributed by atoms with van der Waals surface area (Å²) in [6.45, 7) is 4.88. The first-order chi connectivity index (χ1) is 16.7. The highest BCUT2D eigenvalue weighted by atomic mass is 16.5. The lowest BCUT2D eigenvalue weighted by atomic mass is 9.89. The molecule has 1 aromatic heterocycles. The first kappa shape index (κ1) is 20.3. The predicted octanol–water partition coefficient (Wildman–Crippen LogP) is 2.21. The van der Waals surface area contributed by atoms with Gasteiger partial charge in [0, 0.05) is 48.0 Å². The van der Waals surface area contributed by atoms with E-state index in [1.165, 1.54) is 27.7 Å². The molecule has 0 unspecified atom stereocenters. The van der Waals surface area contributed by atoms with Crippen LogP contribution in [0.25, 0.3) is 17.0 Å². The molecule has 2 aromatic carbocycles. The molecular weight excluding hydrogens is 426 g/mol. The summed E-state index contributed by atoms with van der Waals surface area (Å²) in [5.41, 5.74) is 11.9. The minimum Gasteiger partial charge on any atom is -0.455 e. The lowest BCUT2D eigenvalue weighted by molar-refractivity contribution is 0.457. The van der Waals surface area contributed by atoms with Gasteiger partial charge >= 0.3 is 5.63 Å². The normalized spacial score (nSPS) is 17.9. The molecule has 0 fully saturated rings. The average molecular weight is 457 g/mol. The number of aryl methyl sites for hydroxylation is 3. The summed E-state index contributed by atoms with van der Waals surface area (Å²) in [5, 5.41) is 3.14. The fourth-order valence-electron chi connectivity index (χ4n) is 6.43. The van der Waals surface area contributed by atoms with Crippen molar-refractivity contribution in [2.45, 2.75) is 44.9 Å². The van der Waals surface area contributed by atoms with Crippen LogP contribution in [0.3, 0.4) is 0 Å². The summed E-state index contributed by atoms with van der Waals surface area (Å²) in [6, 6.07) is 6.59. The maximum atomic E-state index is 13.2. The molecule has 6 heteroatoms. The molecule has 3 aromatic rings. The minimum absolute atomic E-state index is 0.306.